The van der Waals surface area contributed by atoms with E-state index < -0.39 is 12.0 Å². The monoisotopic (exact) mass is 211 g/mol. The number of halogens is 1. The summed E-state index contributed by atoms with van der Waals surface area (Å²) in [5.41, 5.74) is 0.316. The lowest BCUT2D eigenvalue weighted by Crippen LogP contribution is -2.20. The number of carbonyl (C=O) groups is 1. The topological polar surface area (TPSA) is 75.1 Å². The summed E-state index contributed by atoms with van der Waals surface area (Å²) in [5, 5.41) is 11.7. The molecule has 0 spiro atoms. The zero-order chi connectivity index (χ0) is 10.8. The van der Waals surface area contributed by atoms with Crippen LogP contribution in [0.15, 0.2) is 12.3 Å². The van der Waals surface area contributed by atoms with Gasteiger partial charge in [0.15, 0.2) is 0 Å². The van der Waals surface area contributed by atoms with Crippen molar-refractivity contribution in [1.29, 1.82) is 0 Å². The van der Waals surface area contributed by atoms with Crippen molar-refractivity contribution in [1.82, 2.24) is 15.3 Å². The Morgan fingerprint density at radius 3 is 3.13 bits per heavy atom. The van der Waals surface area contributed by atoms with E-state index in [2.05, 4.69) is 15.3 Å². The Morgan fingerprint density at radius 2 is 2.47 bits per heavy atom. The Hall–Kier alpha value is -1.56. The SMILES string of the molecule is O=C1NCC(CO)[C@H]1c1ccnc(F)n1. The van der Waals surface area contributed by atoms with Crippen LogP contribution in [0.4, 0.5) is 4.39 Å². The van der Waals surface area contributed by atoms with Crippen molar-refractivity contribution in [3.8, 4) is 0 Å². The van der Waals surface area contributed by atoms with Crippen molar-refractivity contribution < 1.29 is 14.3 Å². The fourth-order valence-electron chi connectivity index (χ4n) is 1.74. The maximum atomic E-state index is 12.8. The second-order valence-electron chi connectivity index (χ2n) is 3.42. The van der Waals surface area contributed by atoms with Gasteiger partial charge in [0.25, 0.3) is 0 Å². The lowest BCUT2D eigenvalue weighted by atomic mass is 9.93. The molecule has 1 aromatic heterocycles. The van der Waals surface area contributed by atoms with Crippen LogP contribution in [0, 0.1) is 12.0 Å². The van der Waals surface area contributed by atoms with Crippen LogP contribution in [-0.4, -0.2) is 34.1 Å². The minimum atomic E-state index is -0.858. The van der Waals surface area contributed by atoms with Gasteiger partial charge in [-0.25, -0.2) is 9.97 Å². The molecular formula is C9H10FN3O2. The molecule has 1 amide bonds. The Labute approximate surface area is 85.4 Å². The number of aliphatic hydroxyl groups is 1. The number of rotatable bonds is 2. The molecule has 1 aliphatic heterocycles. The first-order valence-corrected chi connectivity index (χ1v) is 4.59. The summed E-state index contributed by atoms with van der Waals surface area (Å²) in [6, 6.07) is 1.49. The fourth-order valence-corrected chi connectivity index (χ4v) is 1.74. The minimum absolute atomic E-state index is 0.130. The van der Waals surface area contributed by atoms with E-state index in [4.69, 9.17) is 5.11 Å². The van der Waals surface area contributed by atoms with Gasteiger partial charge in [0.1, 0.15) is 0 Å². The fraction of sp³-hybridized carbons (Fsp3) is 0.444. The molecule has 2 rings (SSSR count). The number of hydrogen-bond donors (Lipinski definition) is 2. The summed E-state index contributed by atoms with van der Waals surface area (Å²) in [7, 11) is 0. The molecule has 2 N–H and O–H groups in total. The Morgan fingerprint density at radius 1 is 1.67 bits per heavy atom. The quantitative estimate of drug-likeness (QED) is 0.643. The van der Waals surface area contributed by atoms with E-state index in [0.29, 0.717) is 12.2 Å². The number of hydrogen-bond acceptors (Lipinski definition) is 4. The lowest BCUT2D eigenvalue weighted by Gasteiger charge is -2.12. The standard InChI is InChI=1S/C9H10FN3O2/c10-9-11-2-1-6(13-9)7-5(4-14)3-12-8(7)15/h1-2,5,7,14H,3-4H2,(H,12,15)/t5?,7-/m0/s1. The highest BCUT2D eigenvalue weighted by Crippen LogP contribution is 2.27. The third-order valence-corrected chi connectivity index (χ3v) is 2.49. The van der Waals surface area contributed by atoms with Crippen LogP contribution in [0.1, 0.15) is 11.6 Å². The molecule has 0 aliphatic carbocycles. The number of carbonyl (C=O) groups excluding carboxylic acids is 1. The van der Waals surface area contributed by atoms with Gasteiger partial charge in [-0.15, -0.1) is 0 Å². The smallest absolute Gasteiger partial charge is 0.308 e. The second-order valence-corrected chi connectivity index (χ2v) is 3.42. The first-order valence-electron chi connectivity index (χ1n) is 4.59. The van der Waals surface area contributed by atoms with E-state index in [0.717, 1.165) is 0 Å². The van der Waals surface area contributed by atoms with Crippen LogP contribution >= 0.6 is 0 Å². The molecule has 15 heavy (non-hydrogen) atoms. The summed E-state index contributed by atoms with van der Waals surface area (Å²) < 4.78 is 12.8. The van der Waals surface area contributed by atoms with E-state index >= 15 is 0 Å². The molecule has 2 heterocycles. The summed E-state index contributed by atoms with van der Waals surface area (Å²) >= 11 is 0. The number of nitrogens with zero attached hydrogens (tertiary/aromatic N) is 2. The summed E-state index contributed by atoms with van der Waals surface area (Å²) in [4.78, 5) is 18.3. The Bertz CT molecular complexity index is 385. The molecule has 5 nitrogen and oxygen atoms in total. The lowest BCUT2D eigenvalue weighted by molar-refractivity contribution is -0.120. The predicted octanol–water partition coefficient (Wildman–Crippen LogP) is -0.562. The predicted molar refractivity (Wildman–Crippen MR) is 48.3 cm³/mol. The third kappa shape index (κ3) is 1.80. The molecule has 1 saturated heterocycles. The van der Waals surface area contributed by atoms with Crippen molar-refractivity contribution >= 4 is 5.91 Å². The van der Waals surface area contributed by atoms with E-state index in [1.54, 1.807) is 0 Å². The zero-order valence-electron chi connectivity index (χ0n) is 7.85. The van der Waals surface area contributed by atoms with Crippen LogP contribution in [0.5, 0.6) is 0 Å². The van der Waals surface area contributed by atoms with Gasteiger partial charge >= 0.3 is 6.08 Å². The van der Waals surface area contributed by atoms with Gasteiger partial charge in [0.05, 0.1) is 11.6 Å². The highest BCUT2D eigenvalue weighted by molar-refractivity contribution is 5.85. The molecule has 0 radical (unpaired) electrons. The number of aromatic nitrogens is 2. The summed E-state index contributed by atoms with van der Waals surface area (Å²) in [6.07, 6.45) is 0.404. The van der Waals surface area contributed by atoms with Crippen molar-refractivity contribution in [2.45, 2.75) is 5.92 Å². The molecule has 1 aliphatic rings. The summed E-state index contributed by atoms with van der Waals surface area (Å²) in [6.45, 7) is 0.265. The summed E-state index contributed by atoms with van der Waals surface area (Å²) in [5.74, 6) is -1.05. The van der Waals surface area contributed by atoms with Gasteiger partial charge < -0.3 is 10.4 Å². The van der Waals surface area contributed by atoms with Gasteiger partial charge in [-0.2, -0.15) is 4.39 Å². The van der Waals surface area contributed by atoms with E-state index in [9.17, 15) is 9.18 Å². The first kappa shape index (κ1) is 9.97. The van der Waals surface area contributed by atoms with Crippen LogP contribution in [0.3, 0.4) is 0 Å². The highest BCUT2D eigenvalue weighted by atomic mass is 19.1. The van der Waals surface area contributed by atoms with Gasteiger partial charge in [0, 0.05) is 25.3 Å². The molecule has 80 valence electrons. The molecule has 0 aromatic carbocycles. The highest BCUT2D eigenvalue weighted by Gasteiger charge is 2.36. The van der Waals surface area contributed by atoms with Crippen molar-refractivity contribution in [3.63, 3.8) is 0 Å². The molecule has 1 fully saturated rings. The first-order chi connectivity index (χ1) is 7.22. The van der Waals surface area contributed by atoms with Crippen molar-refractivity contribution in [3.05, 3.63) is 24.0 Å². The average Bonchev–Trinajstić information content (AvgIpc) is 2.59. The van der Waals surface area contributed by atoms with E-state index in [1.165, 1.54) is 12.3 Å². The van der Waals surface area contributed by atoms with Crippen molar-refractivity contribution in [2.75, 3.05) is 13.2 Å². The van der Waals surface area contributed by atoms with E-state index in [-0.39, 0.29) is 18.4 Å². The van der Waals surface area contributed by atoms with Gasteiger partial charge in [0.2, 0.25) is 5.91 Å². The van der Waals surface area contributed by atoms with Crippen LogP contribution in [0.25, 0.3) is 0 Å². The van der Waals surface area contributed by atoms with Gasteiger partial charge in [-0.3, -0.25) is 4.79 Å². The average molecular weight is 211 g/mol. The maximum absolute atomic E-state index is 12.8. The molecule has 1 aromatic rings. The number of nitrogens with one attached hydrogen (secondary N) is 1. The third-order valence-electron chi connectivity index (χ3n) is 2.49. The van der Waals surface area contributed by atoms with Crippen molar-refractivity contribution in [2.24, 2.45) is 5.92 Å². The Kier molecular flexibility index (Phi) is 2.59. The second kappa shape index (κ2) is 3.90. The molecule has 2 atom stereocenters. The van der Waals surface area contributed by atoms with Gasteiger partial charge in [-0.1, -0.05) is 0 Å². The maximum Gasteiger partial charge on any atom is 0.308 e. The molecule has 6 heteroatoms. The molecule has 1 unspecified atom stereocenters. The largest absolute Gasteiger partial charge is 0.396 e. The molecule has 0 saturated carbocycles. The normalized spacial score (nSPS) is 25.3. The zero-order valence-corrected chi connectivity index (χ0v) is 7.85. The van der Waals surface area contributed by atoms with Gasteiger partial charge in [-0.05, 0) is 6.07 Å². The molecule has 0 bridgehead atoms. The molecular weight excluding hydrogens is 201 g/mol. The van der Waals surface area contributed by atoms with E-state index in [1.807, 2.05) is 0 Å². The Balaban J connectivity index is 2.32. The number of amides is 1. The van der Waals surface area contributed by atoms with Crippen LogP contribution in [0.2, 0.25) is 0 Å². The number of aliphatic hydroxyl groups excluding tert-OH is 1. The van der Waals surface area contributed by atoms with Crippen LogP contribution < -0.4 is 5.32 Å². The van der Waals surface area contributed by atoms with Crippen LogP contribution in [-0.2, 0) is 4.79 Å². The minimum Gasteiger partial charge on any atom is -0.396 e.